The first-order chi connectivity index (χ1) is 9.86. The first-order valence-electron chi connectivity index (χ1n) is 6.31. The highest BCUT2D eigenvalue weighted by Gasteiger charge is 2.11. The number of rotatable bonds is 5. The van der Waals surface area contributed by atoms with Gasteiger partial charge >= 0.3 is 0 Å². The van der Waals surface area contributed by atoms with Crippen molar-refractivity contribution in [1.82, 2.24) is 0 Å². The minimum Gasteiger partial charge on any atom is -0.493 e. The second kappa shape index (κ2) is 6.47. The Bertz CT molecular complexity index is 724. The highest BCUT2D eigenvalue weighted by Crippen LogP contribution is 2.18. The van der Waals surface area contributed by atoms with Crippen molar-refractivity contribution in [1.29, 1.82) is 0 Å². The van der Waals surface area contributed by atoms with Crippen LogP contribution in [0.25, 0.3) is 0 Å². The van der Waals surface area contributed by atoms with E-state index < -0.39 is 10.1 Å². The molecule has 0 unspecified atom stereocenters. The molecule has 0 atom stereocenters. The van der Waals surface area contributed by atoms with Crippen LogP contribution in [0.4, 0.5) is 0 Å². The van der Waals surface area contributed by atoms with Crippen LogP contribution in [-0.2, 0) is 16.5 Å². The van der Waals surface area contributed by atoms with E-state index in [1.807, 2.05) is 6.92 Å². The molecule has 0 spiro atoms. The lowest BCUT2D eigenvalue weighted by molar-refractivity contribution is 0.321. The van der Waals surface area contributed by atoms with Crippen LogP contribution in [-0.4, -0.2) is 19.6 Å². The molecule has 6 heteroatoms. The Morgan fingerprint density at radius 3 is 2.43 bits per heavy atom. The Morgan fingerprint density at radius 2 is 1.81 bits per heavy atom. The lowest BCUT2D eigenvalue weighted by atomic mass is 10.1. The van der Waals surface area contributed by atoms with Crippen LogP contribution in [0.5, 0.6) is 5.75 Å². The van der Waals surface area contributed by atoms with Gasteiger partial charge in [-0.25, -0.2) is 0 Å². The summed E-state index contributed by atoms with van der Waals surface area (Å²) in [5.74, 6) is 0.697. The summed E-state index contributed by atoms with van der Waals surface area (Å²) in [6.07, 6.45) is 0.540. The second-order valence-electron chi connectivity index (χ2n) is 4.62. The van der Waals surface area contributed by atoms with Gasteiger partial charge in [0.05, 0.1) is 11.5 Å². The second-order valence-corrected chi connectivity index (χ2v) is 6.47. The molecule has 0 bridgehead atoms. The molecule has 0 amide bonds. The van der Waals surface area contributed by atoms with Crippen LogP contribution >= 0.6 is 11.6 Å². The van der Waals surface area contributed by atoms with Crippen molar-refractivity contribution in [3.63, 3.8) is 0 Å². The lowest BCUT2D eigenvalue weighted by Crippen LogP contribution is -2.05. The largest absolute Gasteiger partial charge is 0.493 e. The maximum atomic E-state index is 11.1. The van der Waals surface area contributed by atoms with Crippen LogP contribution in [0.3, 0.4) is 0 Å². The van der Waals surface area contributed by atoms with E-state index in [1.54, 1.807) is 30.3 Å². The molecule has 0 aliphatic rings. The van der Waals surface area contributed by atoms with Gasteiger partial charge in [0.1, 0.15) is 5.75 Å². The standard InChI is InChI=1S/C15H15ClO4S/c1-11-2-7-15(21(17,18)19)10-12(11)8-9-20-14-5-3-13(16)4-6-14/h2-7,10H,8-9H2,1H3,(H,17,18,19). The predicted molar refractivity (Wildman–Crippen MR) is 81.6 cm³/mol. The SMILES string of the molecule is Cc1ccc(S(=O)(=O)O)cc1CCOc1ccc(Cl)cc1. The van der Waals surface area contributed by atoms with Gasteiger partial charge in [0.2, 0.25) is 0 Å². The van der Waals surface area contributed by atoms with Crippen LogP contribution in [0, 0.1) is 6.92 Å². The summed E-state index contributed by atoms with van der Waals surface area (Å²) < 4.78 is 36.9. The van der Waals surface area contributed by atoms with E-state index >= 15 is 0 Å². The third-order valence-electron chi connectivity index (χ3n) is 3.07. The monoisotopic (exact) mass is 326 g/mol. The summed E-state index contributed by atoms with van der Waals surface area (Å²) in [7, 11) is -4.18. The van der Waals surface area contributed by atoms with Crippen molar-refractivity contribution in [2.75, 3.05) is 6.61 Å². The van der Waals surface area contributed by atoms with Gasteiger partial charge in [-0.1, -0.05) is 17.7 Å². The number of aryl methyl sites for hydroxylation is 1. The van der Waals surface area contributed by atoms with Gasteiger partial charge in [0.15, 0.2) is 0 Å². The first-order valence-corrected chi connectivity index (χ1v) is 8.13. The van der Waals surface area contributed by atoms with E-state index in [4.69, 9.17) is 20.9 Å². The molecule has 21 heavy (non-hydrogen) atoms. The summed E-state index contributed by atoms with van der Waals surface area (Å²) in [5, 5.41) is 0.638. The van der Waals surface area contributed by atoms with Gasteiger partial charge in [-0.05, 0) is 54.4 Å². The zero-order valence-corrected chi connectivity index (χ0v) is 13.0. The van der Waals surface area contributed by atoms with Crippen molar-refractivity contribution in [3.05, 3.63) is 58.6 Å². The van der Waals surface area contributed by atoms with Crippen molar-refractivity contribution in [2.45, 2.75) is 18.2 Å². The van der Waals surface area contributed by atoms with E-state index in [9.17, 15) is 8.42 Å². The van der Waals surface area contributed by atoms with Gasteiger partial charge in [0, 0.05) is 11.4 Å². The summed E-state index contributed by atoms with van der Waals surface area (Å²) in [4.78, 5) is -0.102. The minimum atomic E-state index is -4.18. The molecule has 0 fully saturated rings. The third kappa shape index (κ3) is 4.46. The first kappa shape index (κ1) is 15.8. The normalized spacial score (nSPS) is 11.4. The van der Waals surface area contributed by atoms with Crippen LogP contribution in [0.15, 0.2) is 47.4 Å². The maximum Gasteiger partial charge on any atom is 0.294 e. The fourth-order valence-electron chi connectivity index (χ4n) is 1.89. The molecule has 0 heterocycles. The Balaban J connectivity index is 2.04. The Hall–Kier alpha value is -1.56. The molecule has 0 aromatic heterocycles. The molecule has 2 aromatic rings. The van der Waals surface area contributed by atoms with Crippen LogP contribution in [0.1, 0.15) is 11.1 Å². The molecule has 0 saturated heterocycles. The topological polar surface area (TPSA) is 63.6 Å². The van der Waals surface area contributed by atoms with Gasteiger partial charge in [0.25, 0.3) is 10.1 Å². The van der Waals surface area contributed by atoms with Gasteiger partial charge in [-0.2, -0.15) is 8.42 Å². The number of halogens is 1. The summed E-state index contributed by atoms with van der Waals surface area (Å²) >= 11 is 5.79. The maximum absolute atomic E-state index is 11.1. The third-order valence-corrected chi connectivity index (χ3v) is 4.17. The Labute approximate surface area is 129 Å². The molecule has 112 valence electrons. The molecule has 4 nitrogen and oxygen atoms in total. The molecule has 0 aliphatic heterocycles. The van der Waals surface area contributed by atoms with Crippen LogP contribution < -0.4 is 4.74 Å². The molecule has 0 aliphatic carbocycles. The van der Waals surface area contributed by atoms with E-state index in [-0.39, 0.29) is 4.90 Å². The summed E-state index contributed by atoms with van der Waals surface area (Å²) in [5.41, 5.74) is 1.76. The Morgan fingerprint density at radius 1 is 1.14 bits per heavy atom. The average Bonchev–Trinajstić information content (AvgIpc) is 2.42. The van der Waals surface area contributed by atoms with Crippen molar-refractivity contribution in [3.8, 4) is 5.75 Å². The molecular formula is C15H15ClO4S. The van der Waals surface area contributed by atoms with E-state index in [0.717, 1.165) is 11.1 Å². The quantitative estimate of drug-likeness (QED) is 0.854. The molecule has 2 rings (SSSR count). The van der Waals surface area contributed by atoms with E-state index in [0.29, 0.717) is 23.8 Å². The summed E-state index contributed by atoms with van der Waals surface area (Å²) in [6, 6.07) is 11.5. The van der Waals surface area contributed by atoms with E-state index in [2.05, 4.69) is 0 Å². The lowest BCUT2D eigenvalue weighted by Gasteiger charge is -2.09. The fourth-order valence-corrected chi connectivity index (χ4v) is 2.54. The van der Waals surface area contributed by atoms with Crippen LogP contribution in [0.2, 0.25) is 5.02 Å². The number of benzene rings is 2. The highest BCUT2D eigenvalue weighted by molar-refractivity contribution is 7.85. The number of hydrogen-bond acceptors (Lipinski definition) is 3. The minimum absolute atomic E-state index is 0.102. The number of ether oxygens (including phenoxy) is 1. The zero-order valence-electron chi connectivity index (χ0n) is 11.4. The van der Waals surface area contributed by atoms with Gasteiger partial charge < -0.3 is 4.74 Å². The Kier molecular flexibility index (Phi) is 4.88. The smallest absolute Gasteiger partial charge is 0.294 e. The van der Waals surface area contributed by atoms with Crippen molar-refractivity contribution < 1.29 is 17.7 Å². The molecule has 0 radical (unpaired) electrons. The average molecular weight is 327 g/mol. The van der Waals surface area contributed by atoms with Gasteiger partial charge in [-0.3, -0.25) is 4.55 Å². The summed E-state index contributed by atoms with van der Waals surface area (Å²) in [6.45, 7) is 2.28. The highest BCUT2D eigenvalue weighted by atomic mass is 35.5. The van der Waals surface area contributed by atoms with Gasteiger partial charge in [-0.15, -0.1) is 0 Å². The van der Waals surface area contributed by atoms with Crippen molar-refractivity contribution >= 4 is 21.7 Å². The molecule has 1 N–H and O–H groups in total. The zero-order chi connectivity index (χ0) is 15.5. The molecule has 2 aromatic carbocycles. The van der Waals surface area contributed by atoms with Crippen molar-refractivity contribution in [2.24, 2.45) is 0 Å². The molecular weight excluding hydrogens is 312 g/mol. The molecule has 0 saturated carbocycles. The fraction of sp³-hybridized carbons (Fsp3) is 0.200. The predicted octanol–water partition coefficient (Wildman–Crippen LogP) is 3.52. The number of hydrogen-bond donors (Lipinski definition) is 1. The van der Waals surface area contributed by atoms with E-state index in [1.165, 1.54) is 12.1 Å².